The summed E-state index contributed by atoms with van der Waals surface area (Å²) in [6.07, 6.45) is 7.44. The van der Waals surface area contributed by atoms with Crippen LogP contribution >= 0.6 is 0 Å². The molecule has 1 saturated heterocycles. The number of hydrogen-bond donors (Lipinski definition) is 1. The highest BCUT2D eigenvalue weighted by Crippen LogP contribution is 2.25. The van der Waals surface area contributed by atoms with Crippen LogP contribution in [0.5, 0.6) is 0 Å². The largest absolute Gasteiger partial charge is 0.353 e. The summed E-state index contributed by atoms with van der Waals surface area (Å²) in [5.41, 5.74) is 0. The van der Waals surface area contributed by atoms with Crippen LogP contribution in [0, 0.1) is 5.92 Å². The fourth-order valence-electron chi connectivity index (χ4n) is 3.24. The predicted octanol–water partition coefficient (Wildman–Crippen LogP) is 1.89. The normalized spacial score (nSPS) is 22.5. The molecule has 2 rings (SSSR count). The summed E-state index contributed by atoms with van der Waals surface area (Å²) >= 11 is 0. The van der Waals surface area contributed by atoms with Crippen LogP contribution in [-0.4, -0.2) is 43.5 Å². The van der Waals surface area contributed by atoms with Crippen LogP contribution in [0.2, 0.25) is 0 Å². The smallest absolute Gasteiger partial charge is 0.223 e. The lowest BCUT2D eigenvalue weighted by atomic mass is 10.0. The molecule has 5 nitrogen and oxygen atoms in total. The van der Waals surface area contributed by atoms with Gasteiger partial charge in [0.05, 0.1) is 5.75 Å². The van der Waals surface area contributed by atoms with Gasteiger partial charge in [0, 0.05) is 25.0 Å². The third-order valence-corrected chi connectivity index (χ3v) is 6.63. The molecule has 1 amide bonds. The topological polar surface area (TPSA) is 66.5 Å². The molecule has 0 aromatic carbocycles. The van der Waals surface area contributed by atoms with Crippen molar-refractivity contribution >= 4 is 15.9 Å². The van der Waals surface area contributed by atoms with E-state index in [0.717, 1.165) is 51.4 Å². The monoisotopic (exact) mass is 316 g/mol. The molecule has 0 spiro atoms. The quantitative estimate of drug-likeness (QED) is 0.814. The zero-order valence-corrected chi connectivity index (χ0v) is 13.8. The van der Waals surface area contributed by atoms with E-state index in [2.05, 4.69) is 5.32 Å². The molecule has 0 bridgehead atoms. The molecule has 0 aromatic heterocycles. The minimum atomic E-state index is -3.09. The Balaban J connectivity index is 1.76. The second kappa shape index (κ2) is 7.58. The number of carbonyl (C=O) groups is 1. The Bertz CT molecular complexity index is 436. The molecule has 2 aliphatic rings. The molecule has 2 fully saturated rings. The summed E-state index contributed by atoms with van der Waals surface area (Å²) < 4.78 is 25.8. The van der Waals surface area contributed by atoms with Crippen molar-refractivity contribution in [2.75, 3.05) is 18.8 Å². The molecule has 122 valence electrons. The van der Waals surface area contributed by atoms with Crippen molar-refractivity contribution in [3.05, 3.63) is 0 Å². The molecule has 1 N–H and O–H groups in total. The third kappa shape index (κ3) is 4.68. The number of rotatable bonds is 6. The van der Waals surface area contributed by atoms with E-state index in [1.165, 1.54) is 0 Å². The maximum atomic E-state index is 12.1. The van der Waals surface area contributed by atoms with Gasteiger partial charge in [-0.1, -0.05) is 26.2 Å². The lowest BCUT2D eigenvalue weighted by Crippen LogP contribution is -2.48. The van der Waals surface area contributed by atoms with Gasteiger partial charge in [0.1, 0.15) is 0 Å². The Kier molecular flexibility index (Phi) is 6.05. The summed E-state index contributed by atoms with van der Waals surface area (Å²) in [5.74, 6) is 0.624. The van der Waals surface area contributed by atoms with E-state index in [-0.39, 0.29) is 23.6 Å². The van der Waals surface area contributed by atoms with Gasteiger partial charge in [0.2, 0.25) is 15.9 Å². The third-order valence-electron chi connectivity index (χ3n) is 4.68. The van der Waals surface area contributed by atoms with E-state index in [0.29, 0.717) is 13.1 Å². The Morgan fingerprint density at radius 3 is 2.33 bits per heavy atom. The zero-order chi connectivity index (χ0) is 15.3. The van der Waals surface area contributed by atoms with Crippen LogP contribution in [0.1, 0.15) is 58.3 Å². The van der Waals surface area contributed by atoms with Gasteiger partial charge in [0.15, 0.2) is 0 Å². The minimum Gasteiger partial charge on any atom is -0.353 e. The highest BCUT2D eigenvalue weighted by Gasteiger charge is 2.30. The van der Waals surface area contributed by atoms with Crippen molar-refractivity contribution in [2.45, 2.75) is 64.3 Å². The van der Waals surface area contributed by atoms with Crippen LogP contribution < -0.4 is 5.32 Å². The van der Waals surface area contributed by atoms with Gasteiger partial charge in [-0.05, 0) is 32.1 Å². The number of amides is 1. The van der Waals surface area contributed by atoms with Gasteiger partial charge >= 0.3 is 0 Å². The standard InChI is InChI=1S/C15H28N2O3S/c1-2-3-12-21(19,20)17-10-8-14(9-11-17)16-15(18)13-6-4-5-7-13/h13-14H,2-12H2,1H3,(H,16,18). The second-order valence-corrected chi connectivity index (χ2v) is 8.42. The Morgan fingerprint density at radius 1 is 1.14 bits per heavy atom. The summed E-state index contributed by atoms with van der Waals surface area (Å²) in [7, 11) is -3.09. The highest BCUT2D eigenvalue weighted by molar-refractivity contribution is 7.89. The Morgan fingerprint density at radius 2 is 1.76 bits per heavy atom. The maximum absolute atomic E-state index is 12.1. The average molecular weight is 316 g/mol. The van der Waals surface area contributed by atoms with Crippen molar-refractivity contribution in [2.24, 2.45) is 5.92 Å². The molecule has 1 aliphatic heterocycles. The van der Waals surface area contributed by atoms with E-state index >= 15 is 0 Å². The summed E-state index contributed by atoms with van der Waals surface area (Å²) in [5, 5.41) is 3.12. The number of nitrogens with one attached hydrogen (secondary N) is 1. The molecular formula is C15H28N2O3S. The second-order valence-electron chi connectivity index (χ2n) is 6.33. The van der Waals surface area contributed by atoms with Gasteiger partial charge in [-0.3, -0.25) is 4.79 Å². The average Bonchev–Trinajstić information content (AvgIpc) is 3.00. The van der Waals surface area contributed by atoms with Crippen LogP contribution in [0.15, 0.2) is 0 Å². The zero-order valence-electron chi connectivity index (χ0n) is 13.0. The van der Waals surface area contributed by atoms with Crippen LogP contribution in [0.3, 0.4) is 0 Å². The van der Waals surface area contributed by atoms with Crippen LogP contribution in [0.25, 0.3) is 0 Å². The highest BCUT2D eigenvalue weighted by atomic mass is 32.2. The van der Waals surface area contributed by atoms with Crippen LogP contribution in [-0.2, 0) is 14.8 Å². The van der Waals surface area contributed by atoms with Crippen molar-refractivity contribution in [1.29, 1.82) is 0 Å². The molecule has 1 saturated carbocycles. The molecule has 0 aromatic rings. The Hall–Kier alpha value is -0.620. The van der Waals surface area contributed by atoms with E-state index in [4.69, 9.17) is 0 Å². The van der Waals surface area contributed by atoms with Gasteiger partial charge in [0.25, 0.3) is 0 Å². The number of piperidine rings is 1. The maximum Gasteiger partial charge on any atom is 0.223 e. The first-order valence-electron chi connectivity index (χ1n) is 8.31. The van der Waals surface area contributed by atoms with E-state index in [1.807, 2.05) is 6.92 Å². The van der Waals surface area contributed by atoms with Gasteiger partial charge in [-0.25, -0.2) is 12.7 Å². The summed E-state index contributed by atoms with van der Waals surface area (Å²) in [6.45, 7) is 3.09. The molecule has 0 radical (unpaired) electrons. The molecule has 1 aliphatic carbocycles. The van der Waals surface area contributed by atoms with E-state index < -0.39 is 10.0 Å². The lowest BCUT2D eigenvalue weighted by molar-refractivity contribution is -0.125. The first-order chi connectivity index (χ1) is 10.0. The summed E-state index contributed by atoms with van der Waals surface area (Å²) in [6, 6.07) is 0.149. The number of hydrogen-bond acceptors (Lipinski definition) is 3. The molecule has 6 heteroatoms. The van der Waals surface area contributed by atoms with E-state index in [1.54, 1.807) is 4.31 Å². The SMILES string of the molecule is CCCCS(=O)(=O)N1CCC(NC(=O)C2CCCC2)CC1. The molecule has 0 atom stereocenters. The first-order valence-corrected chi connectivity index (χ1v) is 9.92. The number of nitrogens with zero attached hydrogens (tertiary/aromatic N) is 1. The Labute approximate surface area is 128 Å². The van der Waals surface area contributed by atoms with Gasteiger partial charge in [-0.2, -0.15) is 0 Å². The van der Waals surface area contributed by atoms with Crippen LogP contribution in [0.4, 0.5) is 0 Å². The molecule has 0 unspecified atom stereocenters. The molecular weight excluding hydrogens is 288 g/mol. The first kappa shape index (κ1) is 16.7. The van der Waals surface area contributed by atoms with E-state index in [9.17, 15) is 13.2 Å². The fraction of sp³-hybridized carbons (Fsp3) is 0.933. The predicted molar refractivity (Wildman–Crippen MR) is 83.4 cm³/mol. The number of carbonyl (C=O) groups excluding carboxylic acids is 1. The van der Waals surface area contributed by atoms with Gasteiger partial charge in [-0.15, -0.1) is 0 Å². The van der Waals surface area contributed by atoms with Crippen molar-refractivity contribution in [1.82, 2.24) is 9.62 Å². The fourth-order valence-corrected chi connectivity index (χ4v) is 4.92. The number of sulfonamides is 1. The summed E-state index contributed by atoms with van der Waals surface area (Å²) in [4.78, 5) is 12.1. The van der Waals surface area contributed by atoms with Crippen molar-refractivity contribution in [3.63, 3.8) is 0 Å². The van der Waals surface area contributed by atoms with Gasteiger partial charge < -0.3 is 5.32 Å². The number of unbranched alkanes of at least 4 members (excludes halogenated alkanes) is 1. The minimum absolute atomic E-state index is 0.149. The van der Waals surface area contributed by atoms with Crippen molar-refractivity contribution in [3.8, 4) is 0 Å². The molecule has 21 heavy (non-hydrogen) atoms. The molecule has 1 heterocycles. The van der Waals surface area contributed by atoms with Crippen molar-refractivity contribution < 1.29 is 13.2 Å². The lowest BCUT2D eigenvalue weighted by Gasteiger charge is -2.32.